The van der Waals surface area contributed by atoms with Crippen molar-refractivity contribution in [3.05, 3.63) is 41.9 Å². The van der Waals surface area contributed by atoms with Crippen LogP contribution in [0.25, 0.3) is 11.0 Å². The fraction of sp³-hybridized carbons (Fsp3) is 0.381. The summed E-state index contributed by atoms with van der Waals surface area (Å²) in [6.45, 7) is 2.58. The van der Waals surface area contributed by atoms with E-state index in [2.05, 4.69) is 24.8 Å². The summed E-state index contributed by atoms with van der Waals surface area (Å²) in [7, 11) is 1.80. The number of hydrogen-bond acceptors (Lipinski definition) is 6. The van der Waals surface area contributed by atoms with Gasteiger partial charge in [-0.15, -0.1) is 0 Å². The molecule has 1 aliphatic carbocycles. The second kappa shape index (κ2) is 8.10. The van der Waals surface area contributed by atoms with Crippen molar-refractivity contribution in [1.82, 2.24) is 24.4 Å². The molecule has 3 aromatic rings. The van der Waals surface area contributed by atoms with Gasteiger partial charge in [0.1, 0.15) is 17.2 Å². The van der Waals surface area contributed by atoms with Gasteiger partial charge in [0.25, 0.3) is 5.91 Å². The molecule has 1 fully saturated rings. The first kappa shape index (κ1) is 19.8. The minimum absolute atomic E-state index is 0.0252. The number of nitrogens with zero attached hydrogens (tertiary/aromatic N) is 5. The monoisotopic (exact) mass is 408 g/mol. The van der Waals surface area contributed by atoms with Crippen molar-refractivity contribution >= 4 is 34.7 Å². The van der Waals surface area contributed by atoms with E-state index in [-0.39, 0.29) is 17.5 Å². The normalized spacial score (nSPS) is 14.2. The van der Waals surface area contributed by atoms with Gasteiger partial charge in [-0.2, -0.15) is 4.98 Å². The molecule has 9 nitrogen and oxygen atoms in total. The van der Waals surface area contributed by atoms with E-state index in [1.807, 2.05) is 13.0 Å². The maximum atomic E-state index is 13.0. The Morgan fingerprint density at radius 3 is 2.63 bits per heavy atom. The van der Waals surface area contributed by atoms with Crippen molar-refractivity contribution in [1.29, 1.82) is 0 Å². The summed E-state index contributed by atoms with van der Waals surface area (Å²) in [5.41, 5.74) is 1.46. The number of fused-ring (bicyclic) bond motifs is 1. The molecule has 156 valence electrons. The first-order chi connectivity index (χ1) is 14.5. The molecule has 1 aliphatic rings. The zero-order valence-electron chi connectivity index (χ0n) is 17.0. The lowest BCUT2D eigenvalue weighted by Crippen LogP contribution is -2.29. The largest absolute Gasteiger partial charge is 0.478 e. The summed E-state index contributed by atoms with van der Waals surface area (Å²) < 4.78 is 2.06. The van der Waals surface area contributed by atoms with Gasteiger partial charge in [-0.1, -0.05) is 12.8 Å². The lowest BCUT2D eigenvalue weighted by atomic mass is 10.2. The van der Waals surface area contributed by atoms with Crippen molar-refractivity contribution in [2.45, 2.75) is 38.6 Å². The maximum Gasteiger partial charge on any atom is 0.337 e. The highest BCUT2D eigenvalue weighted by molar-refractivity contribution is 5.98. The Morgan fingerprint density at radius 1 is 1.23 bits per heavy atom. The molecule has 0 radical (unpaired) electrons. The summed E-state index contributed by atoms with van der Waals surface area (Å²) in [4.78, 5) is 38.8. The molecular formula is C21H24N6O3. The van der Waals surface area contributed by atoms with E-state index in [1.165, 1.54) is 12.3 Å². The zero-order valence-corrected chi connectivity index (χ0v) is 17.0. The molecule has 0 aliphatic heterocycles. The van der Waals surface area contributed by atoms with E-state index in [9.17, 15) is 9.59 Å². The lowest BCUT2D eigenvalue weighted by molar-refractivity contribution is 0.0695. The molecule has 9 heteroatoms. The molecule has 0 bridgehead atoms. The summed E-state index contributed by atoms with van der Waals surface area (Å²) in [5, 5.41) is 12.8. The van der Waals surface area contributed by atoms with E-state index in [0.29, 0.717) is 24.0 Å². The second-order valence-corrected chi connectivity index (χ2v) is 7.49. The molecule has 0 spiro atoms. The number of anilines is 2. The fourth-order valence-electron chi connectivity index (χ4n) is 3.81. The van der Waals surface area contributed by atoms with E-state index in [4.69, 9.17) is 5.11 Å². The molecule has 0 atom stereocenters. The molecule has 3 heterocycles. The van der Waals surface area contributed by atoms with Crippen LogP contribution in [-0.2, 0) is 0 Å². The highest BCUT2D eigenvalue weighted by Crippen LogP contribution is 2.34. The van der Waals surface area contributed by atoms with E-state index >= 15 is 0 Å². The van der Waals surface area contributed by atoms with Crippen LogP contribution in [0.15, 0.2) is 30.6 Å². The number of aromatic nitrogens is 4. The zero-order chi connectivity index (χ0) is 21.3. The molecule has 3 aromatic heterocycles. The highest BCUT2D eigenvalue weighted by atomic mass is 16.4. The molecule has 1 amide bonds. The lowest BCUT2D eigenvalue weighted by Gasteiger charge is -2.20. The molecular weight excluding hydrogens is 384 g/mol. The third-order valence-electron chi connectivity index (χ3n) is 5.56. The van der Waals surface area contributed by atoms with Gasteiger partial charge in [0.2, 0.25) is 5.95 Å². The Balaban J connectivity index is 1.72. The number of rotatable bonds is 6. The van der Waals surface area contributed by atoms with Crippen molar-refractivity contribution in [2.75, 3.05) is 18.9 Å². The number of carbonyl (C=O) groups excluding carboxylic acids is 1. The molecule has 2 N–H and O–H groups in total. The number of carboxylic acid groups (broad SMARTS) is 1. The van der Waals surface area contributed by atoms with Crippen LogP contribution in [0.2, 0.25) is 0 Å². The van der Waals surface area contributed by atoms with Gasteiger partial charge >= 0.3 is 5.97 Å². The second-order valence-electron chi connectivity index (χ2n) is 7.49. The molecule has 4 rings (SSSR count). The number of carbonyl (C=O) groups is 2. The van der Waals surface area contributed by atoms with Gasteiger partial charge in [0.15, 0.2) is 0 Å². The van der Waals surface area contributed by atoms with Crippen LogP contribution >= 0.6 is 0 Å². The Morgan fingerprint density at radius 2 is 2.00 bits per heavy atom. The van der Waals surface area contributed by atoms with E-state index in [1.54, 1.807) is 24.2 Å². The Hall–Kier alpha value is -3.49. The highest BCUT2D eigenvalue weighted by Gasteiger charge is 2.27. The molecule has 0 saturated heterocycles. The standard InChI is InChI=1S/C21H24N6O3/c1-3-26(2)19(28)16-10-14-12-23-21(24-17-9-8-13(11-22-17)20(29)30)25-18(14)27(16)15-6-4-5-7-15/h8-12,15H,3-7H2,1-2H3,(H,29,30)(H,22,23,24,25). The SMILES string of the molecule is CCN(C)C(=O)c1cc2cnc(Nc3ccc(C(=O)O)cn3)nc2n1C1CCCC1. The third kappa shape index (κ3) is 3.70. The molecule has 30 heavy (non-hydrogen) atoms. The summed E-state index contributed by atoms with van der Waals surface area (Å²) >= 11 is 0. The van der Waals surface area contributed by atoms with Crippen molar-refractivity contribution in [2.24, 2.45) is 0 Å². The molecule has 1 saturated carbocycles. The van der Waals surface area contributed by atoms with Crippen LogP contribution in [0, 0.1) is 0 Å². The van der Waals surface area contributed by atoms with Crippen molar-refractivity contribution < 1.29 is 14.7 Å². The van der Waals surface area contributed by atoms with Gasteiger partial charge in [0, 0.05) is 37.4 Å². The van der Waals surface area contributed by atoms with Crippen LogP contribution in [0.5, 0.6) is 0 Å². The summed E-state index contributed by atoms with van der Waals surface area (Å²) in [6.07, 6.45) is 7.29. The average Bonchev–Trinajstić information content (AvgIpc) is 3.40. The topological polar surface area (TPSA) is 113 Å². The van der Waals surface area contributed by atoms with Gasteiger partial charge in [-0.25, -0.2) is 14.8 Å². The number of carboxylic acids is 1. The van der Waals surface area contributed by atoms with Gasteiger partial charge < -0.3 is 19.9 Å². The van der Waals surface area contributed by atoms with Gasteiger partial charge in [0.05, 0.1) is 5.56 Å². The molecule has 0 aromatic carbocycles. The fourth-order valence-corrected chi connectivity index (χ4v) is 3.81. The van der Waals surface area contributed by atoms with Crippen LogP contribution in [0.4, 0.5) is 11.8 Å². The van der Waals surface area contributed by atoms with Crippen LogP contribution in [0.1, 0.15) is 59.5 Å². The van der Waals surface area contributed by atoms with Crippen LogP contribution in [-0.4, -0.2) is 55.0 Å². The quantitative estimate of drug-likeness (QED) is 0.642. The number of hydrogen-bond donors (Lipinski definition) is 2. The number of aromatic carboxylic acids is 1. The predicted octanol–water partition coefficient (Wildman–Crippen LogP) is 3.48. The minimum Gasteiger partial charge on any atom is -0.478 e. The number of pyridine rings is 1. The Labute approximate surface area is 173 Å². The first-order valence-electron chi connectivity index (χ1n) is 10.1. The Bertz CT molecular complexity index is 1090. The predicted molar refractivity (Wildman–Crippen MR) is 112 cm³/mol. The number of nitrogens with one attached hydrogen (secondary N) is 1. The van der Waals surface area contributed by atoms with Gasteiger partial charge in [-0.05, 0) is 38.0 Å². The van der Waals surface area contributed by atoms with Crippen molar-refractivity contribution in [3.63, 3.8) is 0 Å². The minimum atomic E-state index is -1.03. The van der Waals surface area contributed by atoms with E-state index in [0.717, 1.165) is 36.7 Å². The average molecular weight is 408 g/mol. The Kier molecular flexibility index (Phi) is 5.35. The summed E-state index contributed by atoms with van der Waals surface area (Å²) in [5.74, 6) is -0.267. The van der Waals surface area contributed by atoms with Crippen LogP contribution in [0.3, 0.4) is 0 Å². The van der Waals surface area contributed by atoms with E-state index < -0.39 is 5.97 Å². The van der Waals surface area contributed by atoms with Gasteiger partial charge in [-0.3, -0.25) is 4.79 Å². The third-order valence-corrected chi connectivity index (χ3v) is 5.56. The first-order valence-corrected chi connectivity index (χ1v) is 10.1. The van der Waals surface area contributed by atoms with Crippen molar-refractivity contribution in [3.8, 4) is 0 Å². The van der Waals surface area contributed by atoms with Crippen LogP contribution < -0.4 is 5.32 Å². The maximum absolute atomic E-state index is 13.0. The summed E-state index contributed by atoms with van der Waals surface area (Å²) in [6, 6.07) is 5.14. The smallest absolute Gasteiger partial charge is 0.337 e. The number of amides is 1. The molecule has 0 unspecified atom stereocenters.